The third kappa shape index (κ3) is 4.92. The van der Waals surface area contributed by atoms with Gasteiger partial charge in [-0.1, -0.05) is 39.5 Å². The molecule has 0 aliphatic heterocycles. The van der Waals surface area contributed by atoms with E-state index in [2.05, 4.69) is 31.3 Å². The number of thiophene rings is 1. The zero-order valence-electron chi connectivity index (χ0n) is 12.6. The molecule has 2 atom stereocenters. The summed E-state index contributed by atoms with van der Waals surface area (Å²) >= 11 is 1.97. The lowest BCUT2D eigenvalue weighted by molar-refractivity contribution is 0.410. The summed E-state index contributed by atoms with van der Waals surface area (Å²) in [6.45, 7) is 5.64. The summed E-state index contributed by atoms with van der Waals surface area (Å²) in [6, 6.07) is 5.34. The van der Waals surface area contributed by atoms with Gasteiger partial charge in [0.15, 0.2) is 0 Å². The van der Waals surface area contributed by atoms with Crippen molar-refractivity contribution >= 4 is 11.3 Å². The fourth-order valence-corrected chi connectivity index (χ4v) is 4.14. The molecule has 19 heavy (non-hydrogen) atoms. The fourth-order valence-electron chi connectivity index (χ4n) is 3.23. The summed E-state index contributed by atoms with van der Waals surface area (Å²) in [5.41, 5.74) is 0. The molecule has 0 spiro atoms. The molecule has 0 radical (unpaired) electrons. The Bertz CT molecular complexity index is 358. The van der Waals surface area contributed by atoms with Crippen molar-refractivity contribution in [1.29, 1.82) is 0 Å². The van der Waals surface area contributed by atoms with Crippen LogP contribution in [-0.4, -0.2) is 6.04 Å². The lowest BCUT2D eigenvalue weighted by Crippen LogP contribution is -2.27. The predicted octanol–water partition coefficient (Wildman–Crippen LogP) is 5.15. The van der Waals surface area contributed by atoms with Crippen LogP contribution in [0.1, 0.15) is 68.5 Å². The maximum atomic E-state index is 3.79. The van der Waals surface area contributed by atoms with Crippen molar-refractivity contribution in [3.8, 4) is 0 Å². The monoisotopic (exact) mass is 279 g/mol. The lowest BCUT2D eigenvalue weighted by atomic mass is 9.95. The maximum Gasteiger partial charge on any atom is 0.0302 e. The first-order valence-electron chi connectivity index (χ1n) is 8.12. The van der Waals surface area contributed by atoms with Crippen LogP contribution in [-0.2, 0) is 13.0 Å². The molecule has 2 unspecified atom stereocenters. The first kappa shape index (κ1) is 15.1. The molecule has 1 heterocycles. The van der Waals surface area contributed by atoms with E-state index in [1.807, 2.05) is 11.3 Å². The van der Waals surface area contributed by atoms with E-state index < -0.39 is 0 Å². The summed E-state index contributed by atoms with van der Waals surface area (Å²) in [5.74, 6) is 1.00. The average Bonchev–Trinajstić information content (AvgIpc) is 2.77. The second-order valence-corrected chi connectivity index (χ2v) is 7.22. The highest BCUT2D eigenvalue weighted by Crippen LogP contribution is 2.27. The van der Waals surface area contributed by atoms with Crippen LogP contribution in [0.3, 0.4) is 0 Å². The van der Waals surface area contributed by atoms with E-state index >= 15 is 0 Å². The molecule has 1 aliphatic rings. The fraction of sp³-hybridized carbons (Fsp3) is 0.765. The van der Waals surface area contributed by atoms with E-state index in [-0.39, 0.29) is 0 Å². The molecule has 1 saturated carbocycles. The predicted molar refractivity (Wildman–Crippen MR) is 85.8 cm³/mol. The number of aryl methyl sites for hydroxylation is 1. The molecule has 1 aliphatic carbocycles. The van der Waals surface area contributed by atoms with Crippen molar-refractivity contribution in [2.75, 3.05) is 0 Å². The van der Waals surface area contributed by atoms with Crippen molar-refractivity contribution in [2.45, 2.75) is 77.8 Å². The van der Waals surface area contributed by atoms with Gasteiger partial charge in [0.1, 0.15) is 0 Å². The second-order valence-electron chi connectivity index (χ2n) is 5.96. The maximum absolute atomic E-state index is 3.79. The van der Waals surface area contributed by atoms with Gasteiger partial charge in [0.05, 0.1) is 0 Å². The topological polar surface area (TPSA) is 12.0 Å². The molecular formula is C17H29NS. The van der Waals surface area contributed by atoms with Crippen LogP contribution in [0.25, 0.3) is 0 Å². The molecule has 1 N–H and O–H groups in total. The Morgan fingerprint density at radius 1 is 1.11 bits per heavy atom. The SMILES string of the molecule is CCCC1CCCC(NCc2ccc(CC)s2)CC1. The number of hydrogen-bond acceptors (Lipinski definition) is 2. The van der Waals surface area contributed by atoms with Gasteiger partial charge in [-0.05, 0) is 43.7 Å². The Kier molecular flexibility index (Phi) is 6.39. The van der Waals surface area contributed by atoms with Gasteiger partial charge in [-0.25, -0.2) is 0 Å². The van der Waals surface area contributed by atoms with Gasteiger partial charge in [-0.15, -0.1) is 11.3 Å². The van der Waals surface area contributed by atoms with E-state index in [0.717, 1.165) is 18.5 Å². The largest absolute Gasteiger partial charge is 0.309 e. The second kappa shape index (κ2) is 8.06. The normalized spacial score (nSPS) is 24.3. The van der Waals surface area contributed by atoms with Gasteiger partial charge < -0.3 is 5.32 Å². The van der Waals surface area contributed by atoms with Crippen LogP contribution in [0.2, 0.25) is 0 Å². The summed E-state index contributed by atoms with van der Waals surface area (Å²) in [6.07, 6.45) is 11.1. The van der Waals surface area contributed by atoms with E-state index in [4.69, 9.17) is 0 Å². The first-order chi connectivity index (χ1) is 9.31. The van der Waals surface area contributed by atoms with Gasteiger partial charge in [0, 0.05) is 22.3 Å². The summed E-state index contributed by atoms with van der Waals surface area (Å²) in [4.78, 5) is 3.02. The quantitative estimate of drug-likeness (QED) is 0.710. The number of rotatable bonds is 6. The Balaban J connectivity index is 1.73. The van der Waals surface area contributed by atoms with Crippen LogP contribution in [0, 0.1) is 5.92 Å². The molecule has 1 aromatic heterocycles. The molecule has 0 saturated heterocycles. The highest BCUT2D eigenvalue weighted by Gasteiger charge is 2.17. The van der Waals surface area contributed by atoms with Gasteiger partial charge in [0.2, 0.25) is 0 Å². The Morgan fingerprint density at radius 2 is 1.95 bits per heavy atom. The zero-order valence-corrected chi connectivity index (χ0v) is 13.4. The molecule has 0 amide bonds. The third-order valence-corrected chi connectivity index (χ3v) is 5.65. The van der Waals surface area contributed by atoms with Gasteiger partial charge in [-0.3, -0.25) is 0 Å². The van der Waals surface area contributed by atoms with E-state index in [0.29, 0.717) is 0 Å². The molecule has 0 aromatic carbocycles. The van der Waals surface area contributed by atoms with Crippen molar-refractivity contribution in [3.05, 3.63) is 21.9 Å². The summed E-state index contributed by atoms with van der Waals surface area (Å²) in [5, 5.41) is 3.79. The van der Waals surface area contributed by atoms with Crippen molar-refractivity contribution in [1.82, 2.24) is 5.32 Å². The molecule has 1 nitrogen and oxygen atoms in total. The van der Waals surface area contributed by atoms with Crippen LogP contribution >= 0.6 is 11.3 Å². The molecule has 2 heteroatoms. The summed E-state index contributed by atoms with van der Waals surface area (Å²) < 4.78 is 0. The van der Waals surface area contributed by atoms with Crippen LogP contribution in [0.5, 0.6) is 0 Å². The first-order valence-corrected chi connectivity index (χ1v) is 8.94. The lowest BCUT2D eigenvalue weighted by Gasteiger charge is -2.16. The Labute approximate surface area is 122 Å². The number of nitrogens with one attached hydrogen (secondary N) is 1. The minimum Gasteiger partial charge on any atom is -0.309 e. The smallest absolute Gasteiger partial charge is 0.0302 e. The van der Waals surface area contributed by atoms with E-state index in [1.54, 1.807) is 0 Å². The van der Waals surface area contributed by atoms with Gasteiger partial charge in [0.25, 0.3) is 0 Å². The Morgan fingerprint density at radius 3 is 2.68 bits per heavy atom. The Hall–Kier alpha value is -0.340. The van der Waals surface area contributed by atoms with Crippen molar-refractivity contribution in [2.24, 2.45) is 5.92 Å². The molecular weight excluding hydrogens is 250 g/mol. The van der Waals surface area contributed by atoms with Gasteiger partial charge >= 0.3 is 0 Å². The van der Waals surface area contributed by atoms with E-state index in [9.17, 15) is 0 Å². The van der Waals surface area contributed by atoms with Crippen LogP contribution in [0.15, 0.2) is 12.1 Å². The minimum absolute atomic E-state index is 0.758. The van der Waals surface area contributed by atoms with Crippen molar-refractivity contribution in [3.63, 3.8) is 0 Å². The van der Waals surface area contributed by atoms with Crippen LogP contribution < -0.4 is 5.32 Å². The zero-order chi connectivity index (χ0) is 13.5. The van der Waals surface area contributed by atoms with Gasteiger partial charge in [-0.2, -0.15) is 0 Å². The molecule has 1 aromatic rings. The van der Waals surface area contributed by atoms with Crippen molar-refractivity contribution < 1.29 is 0 Å². The molecule has 2 rings (SSSR count). The minimum atomic E-state index is 0.758. The standard InChI is InChI=1S/C17H29NS/c1-3-6-14-7-5-8-15(10-9-14)18-13-17-12-11-16(4-2)19-17/h11-12,14-15,18H,3-10,13H2,1-2H3. The third-order valence-electron chi connectivity index (χ3n) is 4.42. The highest BCUT2D eigenvalue weighted by atomic mass is 32.1. The van der Waals surface area contributed by atoms with E-state index in [1.165, 1.54) is 61.1 Å². The van der Waals surface area contributed by atoms with Crippen LogP contribution in [0.4, 0.5) is 0 Å². The molecule has 0 bridgehead atoms. The molecule has 1 fully saturated rings. The average molecular weight is 279 g/mol. The molecule has 108 valence electrons. The summed E-state index contributed by atoms with van der Waals surface area (Å²) in [7, 11) is 0. The highest BCUT2D eigenvalue weighted by molar-refractivity contribution is 7.11. The number of hydrogen-bond donors (Lipinski definition) is 1.